The van der Waals surface area contributed by atoms with Crippen molar-refractivity contribution in [2.75, 3.05) is 0 Å². The van der Waals surface area contributed by atoms with Crippen molar-refractivity contribution in [3.05, 3.63) is 16.1 Å². The maximum Gasteiger partial charge on any atom is 0.315 e. The lowest BCUT2D eigenvalue weighted by atomic mass is 9.90. The molecule has 1 aromatic heterocycles. The van der Waals surface area contributed by atoms with E-state index in [0.29, 0.717) is 11.6 Å². The second kappa shape index (κ2) is 5.39. The summed E-state index contributed by atoms with van der Waals surface area (Å²) in [6.45, 7) is 3.45. The van der Waals surface area contributed by atoms with Crippen molar-refractivity contribution in [1.82, 2.24) is 4.98 Å². The summed E-state index contributed by atoms with van der Waals surface area (Å²) in [6.07, 6.45) is 7.63. The number of nitrogens with zero attached hydrogens (tertiary/aromatic N) is 1. The number of hydrogen-bond donors (Lipinski definition) is 1. The Kier molecular flexibility index (Phi) is 4.05. The lowest BCUT2D eigenvalue weighted by molar-refractivity contribution is -0.142. The van der Waals surface area contributed by atoms with Crippen LogP contribution < -0.4 is 0 Å². The molecule has 18 heavy (non-hydrogen) atoms. The second-order valence-electron chi connectivity index (χ2n) is 5.69. The zero-order valence-electron chi connectivity index (χ0n) is 11.1. The molecular weight excluding hydrogens is 246 g/mol. The Hall–Kier alpha value is -0.900. The van der Waals surface area contributed by atoms with Crippen molar-refractivity contribution in [2.24, 2.45) is 0 Å². The van der Waals surface area contributed by atoms with E-state index >= 15 is 0 Å². The predicted octanol–water partition coefficient (Wildman–Crippen LogP) is 3.94. The number of carbonyl (C=O) groups is 1. The first-order valence-corrected chi connectivity index (χ1v) is 7.59. The van der Waals surface area contributed by atoms with E-state index < -0.39 is 11.4 Å². The van der Waals surface area contributed by atoms with E-state index in [9.17, 15) is 9.90 Å². The van der Waals surface area contributed by atoms with Gasteiger partial charge in [-0.3, -0.25) is 4.79 Å². The summed E-state index contributed by atoms with van der Waals surface area (Å²) in [4.78, 5) is 15.8. The highest BCUT2D eigenvalue weighted by Gasteiger charge is 2.32. The van der Waals surface area contributed by atoms with Gasteiger partial charge in [0.2, 0.25) is 0 Å². The quantitative estimate of drug-likeness (QED) is 0.844. The molecule has 0 atom stereocenters. The first-order chi connectivity index (χ1) is 8.51. The monoisotopic (exact) mass is 267 g/mol. The van der Waals surface area contributed by atoms with E-state index in [1.165, 1.54) is 38.5 Å². The van der Waals surface area contributed by atoms with Crippen LogP contribution in [0.25, 0.3) is 0 Å². The molecule has 1 heterocycles. The maximum atomic E-state index is 11.2. The number of aromatic nitrogens is 1. The van der Waals surface area contributed by atoms with Crippen molar-refractivity contribution in [2.45, 2.75) is 63.7 Å². The molecule has 0 unspecified atom stereocenters. The fraction of sp³-hybridized carbons (Fsp3) is 0.714. The lowest BCUT2D eigenvalue weighted by Crippen LogP contribution is -2.28. The molecule has 2 rings (SSSR count). The van der Waals surface area contributed by atoms with Gasteiger partial charge in [0.05, 0.1) is 10.7 Å². The van der Waals surface area contributed by atoms with Gasteiger partial charge in [-0.25, -0.2) is 4.98 Å². The highest BCUT2D eigenvalue weighted by Crippen LogP contribution is 2.35. The Morgan fingerprint density at radius 1 is 1.33 bits per heavy atom. The molecule has 0 saturated heterocycles. The van der Waals surface area contributed by atoms with Crippen LogP contribution >= 0.6 is 11.3 Å². The summed E-state index contributed by atoms with van der Waals surface area (Å²) in [7, 11) is 0. The van der Waals surface area contributed by atoms with E-state index in [2.05, 4.69) is 4.98 Å². The topological polar surface area (TPSA) is 50.2 Å². The Bertz CT molecular complexity index is 417. The summed E-state index contributed by atoms with van der Waals surface area (Å²) in [6, 6.07) is 0. The minimum atomic E-state index is -0.876. The third-order valence-electron chi connectivity index (χ3n) is 3.90. The minimum absolute atomic E-state index is 0.552. The van der Waals surface area contributed by atoms with Gasteiger partial charge >= 0.3 is 5.97 Å². The fourth-order valence-electron chi connectivity index (χ4n) is 2.40. The first kappa shape index (κ1) is 13.5. The van der Waals surface area contributed by atoms with Crippen molar-refractivity contribution < 1.29 is 9.90 Å². The van der Waals surface area contributed by atoms with Crippen molar-refractivity contribution in [3.63, 3.8) is 0 Å². The number of carboxylic acid groups (broad SMARTS) is 1. The molecule has 0 amide bonds. The molecule has 0 spiro atoms. The average Bonchev–Trinajstić information content (AvgIpc) is 2.66. The third-order valence-corrected chi connectivity index (χ3v) is 4.91. The molecular formula is C14H21NO2S. The van der Waals surface area contributed by atoms with Crippen LogP contribution in [-0.4, -0.2) is 16.1 Å². The summed E-state index contributed by atoms with van der Waals surface area (Å²) in [5, 5.41) is 12.3. The van der Waals surface area contributed by atoms with Gasteiger partial charge < -0.3 is 5.11 Å². The Balaban J connectivity index is 2.16. The van der Waals surface area contributed by atoms with Gasteiger partial charge in [-0.05, 0) is 26.7 Å². The van der Waals surface area contributed by atoms with E-state index in [-0.39, 0.29) is 0 Å². The summed E-state index contributed by atoms with van der Waals surface area (Å²) in [5.41, 5.74) is -0.168. The summed E-state index contributed by atoms with van der Waals surface area (Å²) >= 11 is 1.64. The van der Waals surface area contributed by atoms with Crippen LogP contribution in [0.15, 0.2) is 5.38 Å². The van der Waals surface area contributed by atoms with Crippen LogP contribution in [0.4, 0.5) is 0 Å². The maximum absolute atomic E-state index is 11.2. The molecule has 0 aliphatic heterocycles. The molecule has 1 fully saturated rings. The van der Waals surface area contributed by atoms with Crippen LogP contribution in [0.2, 0.25) is 0 Å². The highest BCUT2D eigenvalue weighted by atomic mass is 32.1. The van der Waals surface area contributed by atoms with Crippen molar-refractivity contribution >= 4 is 17.3 Å². The average molecular weight is 267 g/mol. The van der Waals surface area contributed by atoms with Gasteiger partial charge in [-0.15, -0.1) is 11.3 Å². The van der Waals surface area contributed by atoms with Gasteiger partial charge in [0.15, 0.2) is 0 Å². The zero-order valence-corrected chi connectivity index (χ0v) is 11.9. The highest BCUT2D eigenvalue weighted by molar-refractivity contribution is 7.09. The molecule has 100 valence electrons. The molecule has 1 saturated carbocycles. The summed E-state index contributed by atoms with van der Waals surface area (Å²) in [5.74, 6) is -0.254. The van der Waals surface area contributed by atoms with Crippen LogP contribution in [0.1, 0.15) is 69.0 Å². The van der Waals surface area contributed by atoms with E-state index in [4.69, 9.17) is 0 Å². The van der Waals surface area contributed by atoms with Crippen LogP contribution in [0.3, 0.4) is 0 Å². The number of carboxylic acids is 1. The Morgan fingerprint density at radius 3 is 2.50 bits per heavy atom. The molecule has 1 N–H and O–H groups in total. The van der Waals surface area contributed by atoms with Gasteiger partial charge in [-0.2, -0.15) is 0 Å². The normalized spacial score (nSPS) is 18.6. The minimum Gasteiger partial charge on any atom is -0.481 e. The van der Waals surface area contributed by atoms with Crippen LogP contribution in [0.5, 0.6) is 0 Å². The SMILES string of the molecule is CC(C)(C(=O)O)c1csc(C2CCCCCC2)n1. The largest absolute Gasteiger partial charge is 0.481 e. The number of hydrogen-bond acceptors (Lipinski definition) is 3. The number of rotatable bonds is 3. The number of aliphatic carboxylic acids is 1. The molecule has 0 radical (unpaired) electrons. The smallest absolute Gasteiger partial charge is 0.315 e. The Labute approximate surface area is 112 Å². The molecule has 1 aliphatic rings. The first-order valence-electron chi connectivity index (χ1n) is 6.71. The second-order valence-corrected chi connectivity index (χ2v) is 6.58. The fourth-order valence-corrected chi connectivity index (χ4v) is 3.56. The Morgan fingerprint density at radius 2 is 1.94 bits per heavy atom. The molecule has 1 aromatic rings. The summed E-state index contributed by atoms with van der Waals surface area (Å²) < 4.78 is 0. The molecule has 0 bridgehead atoms. The van der Waals surface area contributed by atoms with E-state index in [1.807, 2.05) is 5.38 Å². The van der Waals surface area contributed by atoms with E-state index in [0.717, 1.165) is 5.01 Å². The van der Waals surface area contributed by atoms with Gasteiger partial charge in [0.1, 0.15) is 5.41 Å². The van der Waals surface area contributed by atoms with Gasteiger partial charge in [0, 0.05) is 11.3 Å². The molecule has 0 aromatic carbocycles. The predicted molar refractivity (Wildman–Crippen MR) is 73.2 cm³/mol. The van der Waals surface area contributed by atoms with E-state index in [1.54, 1.807) is 25.2 Å². The number of thiazole rings is 1. The molecule has 1 aliphatic carbocycles. The third kappa shape index (κ3) is 2.74. The van der Waals surface area contributed by atoms with Gasteiger partial charge in [0.25, 0.3) is 0 Å². The standard InChI is InChI=1S/C14H21NO2S/c1-14(2,13(16)17)11-9-18-12(15-11)10-7-5-3-4-6-8-10/h9-10H,3-8H2,1-2H3,(H,16,17). The van der Waals surface area contributed by atoms with Crippen molar-refractivity contribution in [1.29, 1.82) is 0 Å². The molecule has 3 nitrogen and oxygen atoms in total. The lowest BCUT2D eigenvalue weighted by Gasteiger charge is -2.16. The van der Waals surface area contributed by atoms with Crippen molar-refractivity contribution in [3.8, 4) is 0 Å². The molecule has 4 heteroatoms. The zero-order chi connectivity index (χ0) is 13.2. The van der Waals surface area contributed by atoms with Crippen LogP contribution in [-0.2, 0) is 10.2 Å². The van der Waals surface area contributed by atoms with Gasteiger partial charge in [-0.1, -0.05) is 25.7 Å². The van der Waals surface area contributed by atoms with Crippen LogP contribution in [0, 0.1) is 0 Å².